The summed E-state index contributed by atoms with van der Waals surface area (Å²) in [5.74, 6) is -0.635. The number of thioether (sulfide) groups is 1. The first-order valence-electron chi connectivity index (χ1n) is 9.44. The molecule has 2 aromatic rings. The molecule has 0 saturated heterocycles. The fraction of sp³-hybridized carbons (Fsp3) is 0.286. The van der Waals surface area contributed by atoms with Gasteiger partial charge in [-0.2, -0.15) is 8.42 Å². The van der Waals surface area contributed by atoms with Crippen LogP contribution < -0.4 is 4.74 Å². The molecule has 0 aromatic heterocycles. The molecule has 0 aliphatic rings. The lowest BCUT2D eigenvalue weighted by Crippen LogP contribution is -2.16. The summed E-state index contributed by atoms with van der Waals surface area (Å²) < 4.78 is 44.1. The van der Waals surface area contributed by atoms with Gasteiger partial charge in [0.2, 0.25) is 5.04 Å². The number of rotatable bonds is 10. The lowest BCUT2D eigenvalue weighted by atomic mass is 10.2. The van der Waals surface area contributed by atoms with Crippen LogP contribution in [0.1, 0.15) is 12.0 Å². The van der Waals surface area contributed by atoms with E-state index in [1.54, 1.807) is 24.3 Å². The average Bonchev–Trinajstić information content (AvgIpc) is 2.79. The number of benzene rings is 2. The number of hydrogen-bond donors (Lipinski definition) is 0. The van der Waals surface area contributed by atoms with E-state index in [4.69, 9.17) is 9.47 Å². The predicted octanol–water partition coefficient (Wildman–Crippen LogP) is 2.93. The third-order valence-corrected chi connectivity index (χ3v) is 5.83. The number of oxime groups is 1. The summed E-state index contributed by atoms with van der Waals surface area (Å²) in [7, 11) is -3.09. The van der Waals surface area contributed by atoms with E-state index in [0.717, 1.165) is 24.4 Å². The monoisotopic (exact) mass is 481 g/mol. The van der Waals surface area contributed by atoms with E-state index in [2.05, 4.69) is 14.2 Å². The molecule has 0 bridgehead atoms. The highest BCUT2D eigenvalue weighted by Crippen LogP contribution is 2.16. The lowest BCUT2D eigenvalue weighted by Gasteiger charge is -2.08. The van der Waals surface area contributed by atoms with E-state index in [-0.39, 0.29) is 35.3 Å². The van der Waals surface area contributed by atoms with Crippen LogP contribution in [0.2, 0.25) is 0 Å². The van der Waals surface area contributed by atoms with E-state index in [1.165, 1.54) is 12.1 Å². The molecule has 32 heavy (non-hydrogen) atoms. The Morgan fingerprint density at radius 1 is 1.00 bits per heavy atom. The molecule has 0 spiro atoms. The average molecular weight is 482 g/mol. The molecule has 9 nitrogen and oxygen atoms in total. The number of carbonyl (C=O) groups excluding carboxylic acids is 2. The molecule has 0 fully saturated rings. The fourth-order valence-electron chi connectivity index (χ4n) is 2.18. The zero-order chi connectivity index (χ0) is 23.4. The largest absolute Gasteiger partial charge is 0.490 e. The molecule has 0 radical (unpaired) electrons. The molecule has 0 saturated carbocycles. The van der Waals surface area contributed by atoms with E-state index < -0.39 is 22.1 Å². The van der Waals surface area contributed by atoms with Gasteiger partial charge in [0, 0.05) is 5.75 Å². The summed E-state index contributed by atoms with van der Waals surface area (Å²) in [6, 6.07) is 15.0. The Morgan fingerprint density at radius 3 is 2.34 bits per heavy atom. The molecular formula is C21H23NO8S2. The van der Waals surface area contributed by atoms with E-state index in [9.17, 15) is 18.0 Å². The van der Waals surface area contributed by atoms with Crippen LogP contribution in [0.15, 0.2) is 64.6 Å². The highest BCUT2D eigenvalue weighted by Gasteiger charge is 2.20. The SMILES string of the molecule is COC(=O)/C(=N/OS(=O)(=O)c1ccc(C)cc1)SCCC(=O)OCCOc1ccccc1. The van der Waals surface area contributed by atoms with Gasteiger partial charge in [0.15, 0.2) is 0 Å². The Kier molecular flexibility index (Phi) is 10.0. The van der Waals surface area contributed by atoms with Crippen LogP contribution in [0.3, 0.4) is 0 Å². The van der Waals surface area contributed by atoms with Crippen LogP contribution in [0, 0.1) is 6.92 Å². The second kappa shape index (κ2) is 12.7. The smallest absolute Gasteiger partial charge is 0.366 e. The molecule has 2 aromatic carbocycles. The van der Waals surface area contributed by atoms with Crippen LogP contribution in [0.4, 0.5) is 0 Å². The normalized spacial score (nSPS) is 11.5. The molecule has 0 heterocycles. The number of ether oxygens (including phenoxy) is 3. The highest BCUT2D eigenvalue weighted by atomic mass is 32.2. The van der Waals surface area contributed by atoms with E-state index in [1.807, 2.05) is 25.1 Å². The number of nitrogens with zero attached hydrogens (tertiary/aromatic N) is 1. The number of hydrogen-bond acceptors (Lipinski definition) is 10. The molecule has 0 amide bonds. The van der Waals surface area contributed by atoms with Crippen LogP contribution in [-0.2, 0) is 33.5 Å². The Bertz CT molecular complexity index is 1020. The summed E-state index contributed by atoms with van der Waals surface area (Å²) >= 11 is 0.811. The first-order valence-corrected chi connectivity index (χ1v) is 11.8. The molecule has 0 aliphatic heterocycles. The molecule has 0 atom stereocenters. The van der Waals surface area contributed by atoms with Gasteiger partial charge in [-0.3, -0.25) is 9.08 Å². The second-order valence-electron chi connectivity index (χ2n) is 6.21. The topological polar surface area (TPSA) is 118 Å². The van der Waals surface area contributed by atoms with Gasteiger partial charge in [-0.15, -0.1) is 0 Å². The van der Waals surface area contributed by atoms with Gasteiger partial charge in [0.1, 0.15) is 23.9 Å². The summed E-state index contributed by atoms with van der Waals surface area (Å²) in [4.78, 5) is 23.6. The van der Waals surface area contributed by atoms with Crippen molar-refractivity contribution in [3.05, 3.63) is 60.2 Å². The number of esters is 2. The third kappa shape index (κ3) is 8.60. The van der Waals surface area contributed by atoms with Crippen LogP contribution in [0.5, 0.6) is 5.75 Å². The van der Waals surface area contributed by atoms with Crippen molar-refractivity contribution in [1.29, 1.82) is 0 Å². The van der Waals surface area contributed by atoms with Gasteiger partial charge in [-0.25, -0.2) is 4.79 Å². The van der Waals surface area contributed by atoms with Gasteiger partial charge in [0.25, 0.3) is 0 Å². The van der Waals surface area contributed by atoms with Crippen molar-refractivity contribution in [2.75, 3.05) is 26.1 Å². The van der Waals surface area contributed by atoms with Crippen molar-refractivity contribution in [2.45, 2.75) is 18.2 Å². The standard InChI is InChI=1S/C21H23NO8S2/c1-16-8-10-18(11-9-16)32(25,26)30-22-20(21(24)27-2)31-15-12-19(23)29-14-13-28-17-6-4-3-5-7-17/h3-11H,12-15H2,1-2H3/b22-20-. The Hall–Kier alpha value is -3.05. The van der Waals surface area contributed by atoms with Crippen LogP contribution in [0.25, 0.3) is 0 Å². The van der Waals surface area contributed by atoms with Crippen LogP contribution in [-0.4, -0.2) is 51.5 Å². The molecule has 0 unspecified atom stereocenters. The summed E-state index contributed by atoms with van der Waals surface area (Å²) in [6.07, 6.45) is -0.0449. The highest BCUT2D eigenvalue weighted by molar-refractivity contribution is 8.15. The molecule has 0 N–H and O–H groups in total. The van der Waals surface area contributed by atoms with Gasteiger partial charge >= 0.3 is 22.1 Å². The first-order chi connectivity index (χ1) is 15.3. The van der Waals surface area contributed by atoms with Crippen LogP contribution >= 0.6 is 11.8 Å². The maximum Gasteiger partial charge on any atom is 0.366 e. The molecule has 11 heteroatoms. The third-order valence-electron chi connectivity index (χ3n) is 3.79. The number of carbonyl (C=O) groups is 2. The predicted molar refractivity (Wildman–Crippen MR) is 119 cm³/mol. The first kappa shape index (κ1) is 25.2. The minimum Gasteiger partial charge on any atom is -0.490 e. The quantitative estimate of drug-likeness (QED) is 0.166. The van der Waals surface area contributed by atoms with Crippen molar-refractivity contribution in [1.82, 2.24) is 0 Å². The maximum atomic E-state index is 12.2. The fourth-order valence-corrected chi connectivity index (χ4v) is 3.70. The zero-order valence-electron chi connectivity index (χ0n) is 17.6. The minimum atomic E-state index is -4.21. The van der Waals surface area contributed by atoms with Gasteiger partial charge in [0.05, 0.1) is 13.5 Å². The van der Waals surface area contributed by atoms with Gasteiger partial charge in [-0.05, 0) is 31.2 Å². The number of methoxy groups -OCH3 is 1. The number of para-hydroxylation sites is 1. The Morgan fingerprint density at radius 2 is 1.69 bits per heavy atom. The van der Waals surface area contributed by atoms with Crippen molar-refractivity contribution < 1.29 is 36.5 Å². The lowest BCUT2D eigenvalue weighted by molar-refractivity contribution is -0.143. The molecule has 172 valence electrons. The van der Waals surface area contributed by atoms with Crippen molar-refractivity contribution in [3.8, 4) is 5.75 Å². The van der Waals surface area contributed by atoms with Crippen molar-refractivity contribution >= 4 is 38.9 Å². The Balaban J connectivity index is 1.80. The van der Waals surface area contributed by atoms with Crippen molar-refractivity contribution in [2.24, 2.45) is 5.16 Å². The van der Waals surface area contributed by atoms with E-state index >= 15 is 0 Å². The molecular weight excluding hydrogens is 458 g/mol. The van der Waals surface area contributed by atoms with Gasteiger partial charge < -0.3 is 14.2 Å². The second-order valence-corrected chi connectivity index (χ2v) is 8.82. The zero-order valence-corrected chi connectivity index (χ0v) is 19.2. The summed E-state index contributed by atoms with van der Waals surface area (Å²) in [6.45, 7) is 2.07. The Labute approximate surface area is 190 Å². The summed E-state index contributed by atoms with van der Waals surface area (Å²) in [5.41, 5.74) is 0.872. The van der Waals surface area contributed by atoms with E-state index in [0.29, 0.717) is 5.75 Å². The number of aryl methyl sites for hydroxylation is 1. The maximum absolute atomic E-state index is 12.2. The van der Waals surface area contributed by atoms with Gasteiger partial charge in [-0.1, -0.05) is 52.8 Å². The molecule has 2 rings (SSSR count). The minimum absolute atomic E-state index is 0.0449. The van der Waals surface area contributed by atoms with Crippen molar-refractivity contribution in [3.63, 3.8) is 0 Å². The summed E-state index contributed by atoms with van der Waals surface area (Å²) in [5, 5.41) is 3.07. The molecule has 0 aliphatic carbocycles.